The van der Waals surface area contributed by atoms with E-state index in [1.165, 1.54) is 0 Å². The fourth-order valence-corrected chi connectivity index (χ4v) is 1.61. The van der Waals surface area contributed by atoms with E-state index in [4.69, 9.17) is 4.74 Å². The third-order valence-electron chi connectivity index (χ3n) is 2.57. The number of piperidine rings is 1. The van der Waals surface area contributed by atoms with Crippen molar-refractivity contribution in [2.24, 2.45) is 0 Å². The van der Waals surface area contributed by atoms with Crippen LogP contribution in [0.25, 0.3) is 0 Å². The first-order chi connectivity index (χ1) is 6.26. The SMILES string of the molecule is CCC(=O)OC1CCN(CC)CC1. The lowest BCUT2D eigenvalue weighted by Gasteiger charge is -2.30. The van der Waals surface area contributed by atoms with Crippen LogP contribution in [-0.4, -0.2) is 36.6 Å². The van der Waals surface area contributed by atoms with Crippen molar-refractivity contribution in [1.29, 1.82) is 0 Å². The lowest BCUT2D eigenvalue weighted by atomic mass is 10.1. The summed E-state index contributed by atoms with van der Waals surface area (Å²) >= 11 is 0. The van der Waals surface area contributed by atoms with Crippen molar-refractivity contribution in [3.8, 4) is 0 Å². The molecule has 3 nitrogen and oxygen atoms in total. The van der Waals surface area contributed by atoms with Gasteiger partial charge in [-0.05, 0) is 19.4 Å². The molecule has 0 saturated carbocycles. The molecule has 0 aromatic rings. The fourth-order valence-electron chi connectivity index (χ4n) is 1.61. The highest BCUT2D eigenvalue weighted by Gasteiger charge is 2.20. The highest BCUT2D eigenvalue weighted by atomic mass is 16.5. The Hall–Kier alpha value is -0.570. The summed E-state index contributed by atoms with van der Waals surface area (Å²) in [6, 6.07) is 0. The smallest absolute Gasteiger partial charge is 0.305 e. The molecule has 1 heterocycles. The van der Waals surface area contributed by atoms with Crippen molar-refractivity contribution in [3.05, 3.63) is 0 Å². The maximum absolute atomic E-state index is 11.0. The predicted octanol–water partition coefficient (Wildman–Crippen LogP) is 1.42. The molecule has 0 unspecified atom stereocenters. The standard InChI is InChI=1S/C10H19NO2/c1-3-10(12)13-9-5-7-11(4-2)8-6-9/h9H,3-8H2,1-2H3. The molecule has 0 aromatic carbocycles. The molecule has 0 aromatic heterocycles. The Bertz CT molecular complexity index is 162. The van der Waals surface area contributed by atoms with E-state index in [0.29, 0.717) is 6.42 Å². The monoisotopic (exact) mass is 185 g/mol. The zero-order valence-electron chi connectivity index (χ0n) is 8.58. The molecule has 1 saturated heterocycles. The highest BCUT2D eigenvalue weighted by molar-refractivity contribution is 5.69. The van der Waals surface area contributed by atoms with Crippen LogP contribution in [0.2, 0.25) is 0 Å². The summed E-state index contributed by atoms with van der Waals surface area (Å²) in [6.07, 6.45) is 2.67. The Morgan fingerprint density at radius 1 is 1.38 bits per heavy atom. The minimum absolute atomic E-state index is 0.0602. The Labute approximate surface area is 80.1 Å². The maximum atomic E-state index is 11.0. The van der Waals surface area contributed by atoms with E-state index in [2.05, 4.69) is 11.8 Å². The molecule has 1 aliphatic heterocycles. The molecular weight excluding hydrogens is 166 g/mol. The van der Waals surface area contributed by atoms with Gasteiger partial charge in [0.2, 0.25) is 0 Å². The van der Waals surface area contributed by atoms with Gasteiger partial charge in [-0.2, -0.15) is 0 Å². The third-order valence-corrected chi connectivity index (χ3v) is 2.57. The molecule has 1 aliphatic rings. The van der Waals surface area contributed by atoms with Crippen molar-refractivity contribution in [3.63, 3.8) is 0 Å². The van der Waals surface area contributed by atoms with Gasteiger partial charge in [0.15, 0.2) is 0 Å². The van der Waals surface area contributed by atoms with E-state index in [1.54, 1.807) is 0 Å². The molecule has 0 radical (unpaired) electrons. The van der Waals surface area contributed by atoms with Gasteiger partial charge < -0.3 is 9.64 Å². The molecule has 0 bridgehead atoms. The number of nitrogens with zero attached hydrogens (tertiary/aromatic N) is 1. The molecule has 76 valence electrons. The molecule has 1 fully saturated rings. The van der Waals surface area contributed by atoms with Crippen LogP contribution in [0.3, 0.4) is 0 Å². The normalized spacial score (nSPS) is 20.2. The van der Waals surface area contributed by atoms with Gasteiger partial charge in [0.1, 0.15) is 6.10 Å². The summed E-state index contributed by atoms with van der Waals surface area (Å²) in [5, 5.41) is 0. The molecule has 13 heavy (non-hydrogen) atoms. The number of carbonyl (C=O) groups excluding carboxylic acids is 1. The zero-order chi connectivity index (χ0) is 9.68. The Morgan fingerprint density at radius 3 is 2.46 bits per heavy atom. The first kappa shape index (κ1) is 10.5. The number of esters is 1. The maximum Gasteiger partial charge on any atom is 0.305 e. The number of hydrogen-bond donors (Lipinski definition) is 0. The van der Waals surface area contributed by atoms with E-state index in [1.807, 2.05) is 6.92 Å². The Morgan fingerprint density at radius 2 is 2.00 bits per heavy atom. The van der Waals surface area contributed by atoms with E-state index < -0.39 is 0 Å². The van der Waals surface area contributed by atoms with Crippen LogP contribution in [0.15, 0.2) is 0 Å². The topological polar surface area (TPSA) is 29.5 Å². The van der Waals surface area contributed by atoms with Gasteiger partial charge in [-0.3, -0.25) is 4.79 Å². The molecular formula is C10H19NO2. The van der Waals surface area contributed by atoms with Crippen molar-refractivity contribution in [1.82, 2.24) is 4.90 Å². The molecule has 1 rings (SSSR count). The van der Waals surface area contributed by atoms with Crippen molar-refractivity contribution in [2.75, 3.05) is 19.6 Å². The predicted molar refractivity (Wildman–Crippen MR) is 51.5 cm³/mol. The summed E-state index contributed by atoms with van der Waals surface area (Å²) < 4.78 is 5.27. The molecule has 3 heteroatoms. The second-order valence-corrected chi connectivity index (χ2v) is 3.48. The van der Waals surface area contributed by atoms with Crippen LogP contribution in [-0.2, 0) is 9.53 Å². The summed E-state index contributed by atoms with van der Waals surface area (Å²) in [4.78, 5) is 13.4. The van der Waals surface area contributed by atoms with Crippen LogP contribution >= 0.6 is 0 Å². The van der Waals surface area contributed by atoms with Gasteiger partial charge in [0.05, 0.1) is 0 Å². The van der Waals surface area contributed by atoms with Crippen LogP contribution in [0.1, 0.15) is 33.1 Å². The van der Waals surface area contributed by atoms with E-state index in [0.717, 1.165) is 32.5 Å². The minimum atomic E-state index is -0.0602. The molecule has 0 atom stereocenters. The molecule has 0 spiro atoms. The molecule has 0 amide bonds. The second-order valence-electron chi connectivity index (χ2n) is 3.48. The van der Waals surface area contributed by atoms with Gasteiger partial charge >= 0.3 is 5.97 Å². The average molecular weight is 185 g/mol. The fraction of sp³-hybridized carbons (Fsp3) is 0.900. The summed E-state index contributed by atoms with van der Waals surface area (Å²) in [5.41, 5.74) is 0. The molecule has 0 N–H and O–H groups in total. The van der Waals surface area contributed by atoms with Gasteiger partial charge in [0, 0.05) is 19.5 Å². The first-order valence-corrected chi connectivity index (χ1v) is 5.18. The molecule has 0 aliphatic carbocycles. The van der Waals surface area contributed by atoms with Gasteiger partial charge in [-0.1, -0.05) is 13.8 Å². The van der Waals surface area contributed by atoms with Crippen LogP contribution < -0.4 is 0 Å². The average Bonchev–Trinajstić information content (AvgIpc) is 2.19. The highest BCUT2D eigenvalue weighted by Crippen LogP contribution is 2.13. The third kappa shape index (κ3) is 3.35. The number of hydrogen-bond acceptors (Lipinski definition) is 3. The number of ether oxygens (including phenoxy) is 1. The van der Waals surface area contributed by atoms with Crippen LogP contribution in [0.5, 0.6) is 0 Å². The summed E-state index contributed by atoms with van der Waals surface area (Å²) in [7, 11) is 0. The van der Waals surface area contributed by atoms with E-state index in [9.17, 15) is 4.79 Å². The lowest BCUT2D eigenvalue weighted by Crippen LogP contribution is -2.37. The zero-order valence-corrected chi connectivity index (χ0v) is 8.58. The Balaban J connectivity index is 2.21. The summed E-state index contributed by atoms with van der Waals surface area (Å²) in [5.74, 6) is -0.0602. The van der Waals surface area contributed by atoms with Crippen LogP contribution in [0.4, 0.5) is 0 Å². The summed E-state index contributed by atoms with van der Waals surface area (Å²) in [6.45, 7) is 7.24. The van der Waals surface area contributed by atoms with Gasteiger partial charge in [-0.15, -0.1) is 0 Å². The van der Waals surface area contributed by atoms with E-state index >= 15 is 0 Å². The van der Waals surface area contributed by atoms with Crippen molar-refractivity contribution in [2.45, 2.75) is 39.2 Å². The Kier molecular flexibility index (Phi) is 4.22. The minimum Gasteiger partial charge on any atom is -0.462 e. The van der Waals surface area contributed by atoms with E-state index in [-0.39, 0.29) is 12.1 Å². The largest absolute Gasteiger partial charge is 0.462 e. The number of rotatable bonds is 3. The number of carbonyl (C=O) groups is 1. The van der Waals surface area contributed by atoms with Crippen molar-refractivity contribution < 1.29 is 9.53 Å². The first-order valence-electron chi connectivity index (χ1n) is 5.18. The lowest BCUT2D eigenvalue weighted by molar-refractivity contribution is -0.150. The van der Waals surface area contributed by atoms with Gasteiger partial charge in [0.25, 0.3) is 0 Å². The van der Waals surface area contributed by atoms with Gasteiger partial charge in [-0.25, -0.2) is 0 Å². The van der Waals surface area contributed by atoms with Crippen molar-refractivity contribution >= 4 is 5.97 Å². The number of likely N-dealkylation sites (tertiary alicyclic amines) is 1. The quantitative estimate of drug-likeness (QED) is 0.623. The van der Waals surface area contributed by atoms with Crippen LogP contribution in [0, 0.1) is 0 Å². The second kappa shape index (κ2) is 5.22.